The highest BCUT2D eigenvalue weighted by atomic mass is 35.5. The molecule has 0 aliphatic carbocycles. The number of nitro benzene ring substituents is 1. The third kappa shape index (κ3) is 3.87. The predicted molar refractivity (Wildman–Crippen MR) is 114 cm³/mol. The molecule has 146 valence electrons. The molecule has 4 aromatic rings. The Morgan fingerprint density at radius 3 is 2.34 bits per heavy atom. The SMILES string of the molecule is O=[N+]([O-])c1ccc2nc(-c3ccc(Cl)cc3)n(OCc3c(Cl)cccc3Cl)c2c1. The van der Waals surface area contributed by atoms with Gasteiger partial charge in [-0.25, -0.2) is 4.98 Å². The average molecular weight is 449 g/mol. The van der Waals surface area contributed by atoms with Gasteiger partial charge in [0.2, 0.25) is 0 Å². The minimum Gasteiger partial charge on any atom is -0.407 e. The Labute approximate surface area is 180 Å². The molecule has 0 bridgehead atoms. The summed E-state index contributed by atoms with van der Waals surface area (Å²) in [4.78, 5) is 21.3. The van der Waals surface area contributed by atoms with Crippen molar-refractivity contribution in [2.45, 2.75) is 6.61 Å². The summed E-state index contributed by atoms with van der Waals surface area (Å²) in [7, 11) is 0. The molecule has 4 rings (SSSR count). The fourth-order valence-electron chi connectivity index (χ4n) is 2.87. The molecule has 0 aliphatic heterocycles. The maximum atomic E-state index is 11.2. The first-order valence-electron chi connectivity index (χ1n) is 8.43. The van der Waals surface area contributed by atoms with Gasteiger partial charge in [0.25, 0.3) is 5.69 Å². The molecule has 0 saturated heterocycles. The second-order valence-electron chi connectivity index (χ2n) is 6.14. The highest BCUT2D eigenvalue weighted by Crippen LogP contribution is 2.29. The van der Waals surface area contributed by atoms with Gasteiger partial charge in [-0.15, -0.1) is 0 Å². The van der Waals surface area contributed by atoms with E-state index in [1.807, 2.05) is 0 Å². The lowest BCUT2D eigenvalue weighted by Crippen LogP contribution is -2.13. The van der Waals surface area contributed by atoms with Crippen LogP contribution in [0.2, 0.25) is 15.1 Å². The van der Waals surface area contributed by atoms with Crippen molar-refractivity contribution >= 4 is 51.5 Å². The van der Waals surface area contributed by atoms with Crippen LogP contribution in [0.3, 0.4) is 0 Å². The quantitative estimate of drug-likeness (QED) is 0.269. The monoisotopic (exact) mass is 447 g/mol. The third-order valence-electron chi connectivity index (χ3n) is 4.31. The standard InChI is InChI=1S/C20H12Cl3N3O3/c21-13-6-4-12(5-7-13)20-24-18-9-8-14(26(27)28)10-19(18)25(20)29-11-15-16(22)2-1-3-17(15)23/h1-10H,11H2. The van der Waals surface area contributed by atoms with E-state index in [0.717, 1.165) is 5.56 Å². The maximum Gasteiger partial charge on any atom is 0.271 e. The largest absolute Gasteiger partial charge is 0.407 e. The maximum absolute atomic E-state index is 11.2. The number of rotatable bonds is 5. The van der Waals surface area contributed by atoms with Crippen molar-refractivity contribution in [2.75, 3.05) is 0 Å². The molecule has 0 radical (unpaired) electrons. The van der Waals surface area contributed by atoms with E-state index in [0.29, 0.717) is 37.5 Å². The number of halogens is 3. The second kappa shape index (κ2) is 7.91. The number of benzene rings is 3. The Balaban J connectivity index is 1.84. The van der Waals surface area contributed by atoms with Gasteiger partial charge in [0.15, 0.2) is 5.82 Å². The van der Waals surface area contributed by atoms with Gasteiger partial charge in [-0.05, 0) is 42.5 Å². The first-order valence-corrected chi connectivity index (χ1v) is 9.56. The van der Waals surface area contributed by atoms with Crippen molar-refractivity contribution in [3.05, 3.63) is 91.4 Å². The van der Waals surface area contributed by atoms with Gasteiger partial charge in [-0.2, -0.15) is 4.73 Å². The molecule has 9 heteroatoms. The number of imidazole rings is 1. The van der Waals surface area contributed by atoms with Gasteiger partial charge >= 0.3 is 0 Å². The molecule has 1 aromatic heterocycles. The van der Waals surface area contributed by atoms with Crippen molar-refractivity contribution in [3.63, 3.8) is 0 Å². The van der Waals surface area contributed by atoms with Crippen LogP contribution in [-0.2, 0) is 6.61 Å². The van der Waals surface area contributed by atoms with E-state index in [9.17, 15) is 10.1 Å². The molecule has 3 aromatic carbocycles. The molecule has 0 atom stereocenters. The van der Waals surface area contributed by atoms with Crippen LogP contribution in [0.25, 0.3) is 22.4 Å². The summed E-state index contributed by atoms with van der Waals surface area (Å²) in [6.45, 7) is 0.0489. The number of fused-ring (bicyclic) bond motifs is 1. The zero-order valence-electron chi connectivity index (χ0n) is 14.7. The summed E-state index contributed by atoms with van der Waals surface area (Å²) in [6, 6.07) is 16.6. The van der Waals surface area contributed by atoms with Crippen LogP contribution in [0.15, 0.2) is 60.7 Å². The van der Waals surface area contributed by atoms with E-state index in [1.165, 1.54) is 16.9 Å². The van der Waals surface area contributed by atoms with E-state index in [-0.39, 0.29) is 12.3 Å². The van der Waals surface area contributed by atoms with Crippen LogP contribution in [0.5, 0.6) is 0 Å². The Hall–Kier alpha value is -2.80. The molecule has 0 fully saturated rings. The number of non-ortho nitro benzene ring substituents is 1. The Bertz CT molecular complexity index is 1200. The zero-order valence-corrected chi connectivity index (χ0v) is 16.9. The lowest BCUT2D eigenvalue weighted by atomic mass is 10.2. The summed E-state index contributed by atoms with van der Waals surface area (Å²) < 4.78 is 1.45. The van der Waals surface area contributed by atoms with Crippen LogP contribution in [-0.4, -0.2) is 14.6 Å². The fraction of sp³-hybridized carbons (Fsp3) is 0.0500. The third-order valence-corrected chi connectivity index (χ3v) is 5.27. The van der Waals surface area contributed by atoms with Crippen molar-refractivity contribution in [3.8, 4) is 11.4 Å². The smallest absolute Gasteiger partial charge is 0.271 e. The summed E-state index contributed by atoms with van der Waals surface area (Å²) in [6.07, 6.45) is 0. The summed E-state index contributed by atoms with van der Waals surface area (Å²) in [5.74, 6) is 0.473. The molecular formula is C20H12Cl3N3O3. The summed E-state index contributed by atoms with van der Waals surface area (Å²) in [5.41, 5.74) is 2.27. The van der Waals surface area contributed by atoms with E-state index in [4.69, 9.17) is 39.6 Å². The van der Waals surface area contributed by atoms with Crippen molar-refractivity contribution in [1.29, 1.82) is 0 Å². The Morgan fingerprint density at radius 2 is 1.69 bits per heavy atom. The molecule has 0 amide bonds. The number of nitrogens with zero attached hydrogens (tertiary/aromatic N) is 3. The average Bonchev–Trinajstić information content (AvgIpc) is 3.06. The molecule has 0 unspecified atom stereocenters. The minimum absolute atomic E-state index is 0.0489. The molecule has 0 aliphatic rings. The van der Waals surface area contributed by atoms with Crippen LogP contribution in [0.4, 0.5) is 5.69 Å². The van der Waals surface area contributed by atoms with E-state index in [1.54, 1.807) is 48.5 Å². The number of hydrogen-bond acceptors (Lipinski definition) is 4. The van der Waals surface area contributed by atoms with Gasteiger partial charge in [0, 0.05) is 38.3 Å². The van der Waals surface area contributed by atoms with E-state index in [2.05, 4.69) is 4.98 Å². The molecule has 0 N–H and O–H groups in total. The Kier molecular flexibility index (Phi) is 5.32. The second-order valence-corrected chi connectivity index (χ2v) is 7.39. The summed E-state index contributed by atoms with van der Waals surface area (Å²) >= 11 is 18.5. The zero-order chi connectivity index (χ0) is 20.5. The molecule has 0 saturated carbocycles. The lowest BCUT2D eigenvalue weighted by molar-refractivity contribution is -0.384. The fourth-order valence-corrected chi connectivity index (χ4v) is 3.50. The minimum atomic E-state index is -0.469. The highest BCUT2D eigenvalue weighted by molar-refractivity contribution is 6.36. The lowest BCUT2D eigenvalue weighted by Gasteiger charge is -2.13. The van der Waals surface area contributed by atoms with Gasteiger partial charge < -0.3 is 4.84 Å². The van der Waals surface area contributed by atoms with Gasteiger partial charge in [0.05, 0.1) is 10.4 Å². The molecule has 29 heavy (non-hydrogen) atoms. The number of aromatic nitrogens is 2. The Morgan fingerprint density at radius 1 is 1.00 bits per heavy atom. The van der Waals surface area contributed by atoms with Crippen LogP contribution in [0, 0.1) is 10.1 Å². The van der Waals surface area contributed by atoms with Crippen molar-refractivity contribution in [2.24, 2.45) is 0 Å². The molecule has 0 spiro atoms. The van der Waals surface area contributed by atoms with Gasteiger partial charge in [-0.1, -0.05) is 40.9 Å². The van der Waals surface area contributed by atoms with Crippen LogP contribution < -0.4 is 4.84 Å². The molecule has 6 nitrogen and oxygen atoms in total. The highest BCUT2D eigenvalue weighted by Gasteiger charge is 2.18. The van der Waals surface area contributed by atoms with Crippen LogP contribution >= 0.6 is 34.8 Å². The van der Waals surface area contributed by atoms with Gasteiger partial charge in [0.1, 0.15) is 12.1 Å². The van der Waals surface area contributed by atoms with Gasteiger partial charge in [-0.3, -0.25) is 10.1 Å². The predicted octanol–water partition coefficient (Wildman–Crippen LogP) is 6.20. The number of hydrogen-bond donors (Lipinski definition) is 0. The van der Waals surface area contributed by atoms with E-state index < -0.39 is 4.92 Å². The van der Waals surface area contributed by atoms with Crippen molar-refractivity contribution < 1.29 is 9.76 Å². The first-order chi connectivity index (χ1) is 13.9. The first kappa shape index (κ1) is 19.5. The summed E-state index contributed by atoms with van der Waals surface area (Å²) in [5, 5.41) is 12.7. The molecular weight excluding hydrogens is 437 g/mol. The topological polar surface area (TPSA) is 70.2 Å². The normalized spacial score (nSPS) is 11.0. The van der Waals surface area contributed by atoms with Crippen LogP contribution in [0.1, 0.15) is 5.56 Å². The van der Waals surface area contributed by atoms with Crippen molar-refractivity contribution in [1.82, 2.24) is 9.71 Å². The number of nitro groups is 1. The van der Waals surface area contributed by atoms with E-state index >= 15 is 0 Å². The molecule has 1 heterocycles.